The van der Waals surface area contributed by atoms with Gasteiger partial charge < -0.3 is 0 Å². The van der Waals surface area contributed by atoms with Gasteiger partial charge in [-0.3, -0.25) is 9.88 Å². The fourth-order valence-corrected chi connectivity index (χ4v) is 3.20. The number of rotatable bonds is 5. The minimum absolute atomic E-state index is 0.338. The van der Waals surface area contributed by atoms with Crippen LogP contribution in [0, 0.1) is 0 Å². The van der Waals surface area contributed by atoms with Gasteiger partial charge in [-0.1, -0.05) is 30.3 Å². The van der Waals surface area contributed by atoms with E-state index in [0.717, 1.165) is 17.2 Å². The van der Waals surface area contributed by atoms with Crippen molar-refractivity contribution < 1.29 is 0 Å². The third kappa shape index (κ3) is 3.40. The Hall–Kier alpha value is -2.04. The van der Waals surface area contributed by atoms with E-state index in [0.29, 0.717) is 6.04 Å². The van der Waals surface area contributed by atoms with E-state index in [-0.39, 0.29) is 0 Å². The standard InChI is InChI=1S/C18H19N3S/c1-14(15-8-10-19-11-9-15)21(2)12-17-13-22-18(20-17)16-6-4-3-5-7-16/h3-11,13-14H,12H2,1-2H3. The molecule has 1 atom stereocenters. The number of benzene rings is 1. The maximum absolute atomic E-state index is 4.76. The molecule has 0 saturated heterocycles. The van der Waals surface area contributed by atoms with Crippen molar-refractivity contribution in [1.82, 2.24) is 14.9 Å². The van der Waals surface area contributed by atoms with Crippen LogP contribution in [0.25, 0.3) is 10.6 Å². The molecule has 112 valence electrons. The number of nitrogens with zero attached hydrogens (tertiary/aromatic N) is 3. The molecule has 1 aromatic carbocycles. The van der Waals surface area contributed by atoms with Crippen molar-refractivity contribution in [1.29, 1.82) is 0 Å². The average Bonchev–Trinajstić information content (AvgIpc) is 3.04. The van der Waals surface area contributed by atoms with Crippen molar-refractivity contribution in [3.8, 4) is 10.6 Å². The van der Waals surface area contributed by atoms with Crippen molar-refractivity contribution >= 4 is 11.3 Å². The summed E-state index contributed by atoms with van der Waals surface area (Å²) in [6.07, 6.45) is 3.69. The molecule has 0 aliphatic heterocycles. The van der Waals surface area contributed by atoms with E-state index in [9.17, 15) is 0 Å². The predicted molar refractivity (Wildman–Crippen MR) is 91.7 cm³/mol. The molecule has 0 fully saturated rings. The van der Waals surface area contributed by atoms with Gasteiger partial charge in [0.25, 0.3) is 0 Å². The normalized spacial score (nSPS) is 12.5. The van der Waals surface area contributed by atoms with E-state index in [1.807, 2.05) is 30.6 Å². The molecule has 22 heavy (non-hydrogen) atoms. The summed E-state index contributed by atoms with van der Waals surface area (Å²) in [5.74, 6) is 0. The molecule has 0 amide bonds. The largest absolute Gasteiger partial charge is 0.294 e. The zero-order valence-corrected chi connectivity index (χ0v) is 13.6. The fraction of sp³-hybridized carbons (Fsp3) is 0.222. The summed E-state index contributed by atoms with van der Waals surface area (Å²) in [4.78, 5) is 11.1. The molecule has 0 N–H and O–H groups in total. The van der Waals surface area contributed by atoms with Gasteiger partial charge in [0.2, 0.25) is 0 Å². The molecule has 0 saturated carbocycles. The number of hydrogen-bond acceptors (Lipinski definition) is 4. The smallest absolute Gasteiger partial charge is 0.123 e. The second-order valence-electron chi connectivity index (χ2n) is 5.38. The summed E-state index contributed by atoms with van der Waals surface area (Å²) in [6, 6.07) is 14.8. The van der Waals surface area contributed by atoms with E-state index >= 15 is 0 Å². The van der Waals surface area contributed by atoms with Gasteiger partial charge in [-0.25, -0.2) is 4.98 Å². The molecule has 4 heteroatoms. The van der Waals surface area contributed by atoms with Crippen molar-refractivity contribution in [3.63, 3.8) is 0 Å². The van der Waals surface area contributed by atoms with Crippen molar-refractivity contribution in [2.45, 2.75) is 19.5 Å². The first kappa shape index (κ1) is 14.9. The van der Waals surface area contributed by atoms with Crippen LogP contribution >= 0.6 is 11.3 Å². The highest BCUT2D eigenvalue weighted by Gasteiger charge is 2.13. The Balaban J connectivity index is 1.70. The highest BCUT2D eigenvalue weighted by atomic mass is 32.1. The summed E-state index contributed by atoms with van der Waals surface area (Å²) in [5.41, 5.74) is 3.58. The van der Waals surface area contributed by atoms with Crippen molar-refractivity contribution in [3.05, 3.63) is 71.5 Å². The van der Waals surface area contributed by atoms with Crippen molar-refractivity contribution in [2.24, 2.45) is 0 Å². The van der Waals surface area contributed by atoms with Crippen LogP contribution < -0.4 is 0 Å². The number of pyridine rings is 1. The average molecular weight is 309 g/mol. The molecule has 2 heterocycles. The topological polar surface area (TPSA) is 29.0 Å². The van der Waals surface area contributed by atoms with Gasteiger partial charge in [-0.15, -0.1) is 11.3 Å². The predicted octanol–water partition coefficient (Wildman–Crippen LogP) is 4.40. The van der Waals surface area contributed by atoms with E-state index in [2.05, 4.69) is 53.5 Å². The Kier molecular flexibility index (Phi) is 4.61. The summed E-state index contributed by atoms with van der Waals surface area (Å²) in [6.45, 7) is 3.05. The molecular formula is C18H19N3S. The Morgan fingerprint density at radius 3 is 2.55 bits per heavy atom. The molecular weight excluding hydrogens is 290 g/mol. The molecule has 2 aromatic heterocycles. The second-order valence-corrected chi connectivity index (χ2v) is 6.24. The molecule has 0 radical (unpaired) electrons. The molecule has 1 unspecified atom stereocenters. The first-order valence-corrected chi connectivity index (χ1v) is 8.22. The lowest BCUT2D eigenvalue weighted by Gasteiger charge is -2.24. The summed E-state index contributed by atoms with van der Waals surface area (Å²) in [7, 11) is 2.13. The quantitative estimate of drug-likeness (QED) is 0.699. The van der Waals surface area contributed by atoms with Gasteiger partial charge in [-0.2, -0.15) is 0 Å². The van der Waals surface area contributed by atoms with Gasteiger partial charge in [-0.05, 0) is 31.7 Å². The highest BCUT2D eigenvalue weighted by molar-refractivity contribution is 7.13. The van der Waals surface area contributed by atoms with E-state index in [4.69, 9.17) is 4.98 Å². The zero-order chi connectivity index (χ0) is 15.4. The van der Waals surface area contributed by atoms with Crippen LogP contribution in [0.1, 0.15) is 24.2 Å². The van der Waals surface area contributed by atoms with E-state index in [1.54, 1.807) is 11.3 Å². The molecule has 3 aromatic rings. The van der Waals surface area contributed by atoms with Crippen LogP contribution in [0.5, 0.6) is 0 Å². The lowest BCUT2D eigenvalue weighted by Crippen LogP contribution is -2.22. The fourth-order valence-electron chi connectivity index (χ4n) is 2.38. The van der Waals surface area contributed by atoms with Gasteiger partial charge in [0, 0.05) is 35.9 Å². The van der Waals surface area contributed by atoms with Crippen LogP contribution in [0.3, 0.4) is 0 Å². The molecule has 0 aliphatic rings. The van der Waals surface area contributed by atoms with E-state index < -0.39 is 0 Å². The number of aromatic nitrogens is 2. The summed E-state index contributed by atoms with van der Waals surface area (Å²) < 4.78 is 0. The summed E-state index contributed by atoms with van der Waals surface area (Å²) in [5, 5.41) is 3.23. The zero-order valence-electron chi connectivity index (χ0n) is 12.8. The van der Waals surface area contributed by atoms with Gasteiger partial charge >= 0.3 is 0 Å². The van der Waals surface area contributed by atoms with Gasteiger partial charge in [0.15, 0.2) is 0 Å². The Morgan fingerprint density at radius 1 is 1.09 bits per heavy atom. The first-order chi connectivity index (χ1) is 10.7. The van der Waals surface area contributed by atoms with Crippen LogP contribution in [0.15, 0.2) is 60.2 Å². The van der Waals surface area contributed by atoms with Crippen molar-refractivity contribution in [2.75, 3.05) is 7.05 Å². The third-order valence-electron chi connectivity index (χ3n) is 3.83. The maximum atomic E-state index is 4.76. The van der Waals surface area contributed by atoms with Crippen LogP contribution in [-0.4, -0.2) is 21.9 Å². The van der Waals surface area contributed by atoms with Crippen LogP contribution in [0.2, 0.25) is 0 Å². The maximum Gasteiger partial charge on any atom is 0.123 e. The number of hydrogen-bond donors (Lipinski definition) is 0. The Bertz CT molecular complexity index is 709. The van der Waals surface area contributed by atoms with E-state index in [1.165, 1.54) is 11.1 Å². The lowest BCUT2D eigenvalue weighted by molar-refractivity contribution is 0.250. The minimum Gasteiger partial charge on any atom is -0.294 e. The lowest BCUT2D eigenvalue weighted by atomic mass is 10.1. The number of thiazole rings is 1. The van der Waals surface area contributed by atoms with Gasteiger partial charge in [0.1, 0.15) is 5.01 Å². The molecule has 0 spiro atoms. The van der Waals surface area contributed by atoms with Crippen LogP contribution in [0.4, 0.5) is 0 Å². The van der Waals surface area contributed by atoms with Gasteiger partial charge in [0.05, 0.1) is 5.69 Å². The molecule has 3 rings (SSSR count). The highest BCUT2D eigenvalue weighted by Crippen LogP contribution is 2.25. The SMILES string of the molecule is CC(c1ccncc1)N(C)Cc1csc(-c2ccccc2)n1. The molecule has 3 nitrogen and oxygen atoms in total. The Morgan fingerprint density at radius 2 is 1.82 bits per heavy atom. The third-order valence-corrected chi connectivity index (χ3v) is 4.77. The second kappa shape index (κ2) is 6.81. The van der Waals surface area contributed by atoms with Crippen LogP contribution in [-0.2, 0) is 6.54 Å². The summed E-state index contributed by atoms with van der Waals surface area (Å²) >= 11 is 1.70. The Labute approximate surface area is 135 Å². The molecule has 0 bridgehead atoms. The minimum atomic E-state index is 0.338. The first-order valence-electron chi connectivity index (χ1n) is 7.34. The molecule has 0 aliphatic carbocycles. The monoisotopic (exact) mass is 309 g/mol.